The normalized spacial score (nSPS) is 23.2. The molecule has 6 heteroatoms. The van der Waals surface area contributed by atoms with E-state index in [1.54, 1.807) is 6.20 Å². The van der Waals surface area contributed by atoms with E-state index in [2.05, 4.69) is 34.5 Å². The molecule has 2 N–H and O–H groups in total. The van der Waals surface area contributed by atoms with E-state index in [0.29, 0.717) is 24.8 Å². The Balaban J connectivity index is 1.25. The van der Waals surface area contributed by atoms with Gasteiger partial charge in [-0.15, -0.1) is 0 Å². The third kappa shape index (κ3) is 3.45. The smallest absolute Gasteiger partial charge is 0.224 e. The van der Waals surface area contributed by atoms with Gasteiger partial charge >= 0.3 is 0 Å². The summed E-state index contributed by atoms with van der Waals surface area (Å²) in [6, 6.07) is 4.07. The van der Waals surface area contributed by atoms with Gasteiger partial charge in [0.1, 0.15) is 5.65 Å². The molecular formula is C20H26N4O2. The molecule has 2 aromatic heterocycles. The fourth-order valence-electron chi connectivity index (χ4n) is 4.02. The number of hydrogen-bond donors (Lipinski definition) is 2. The van der Waals surface area contributed by atoms with E-state index in [1.807, 2.05) is 11.0 Å². The van der Waals surface area contributed by atoms with Gasteiger partial charge < -0.3 is 15.2 Å². The van der Waals surface area contributed by atoms with Crippen molar-refractivity contribution in [2.24, 2.45) is 11.8 Å². The lowest BCUT2D eigenvalue weighted by Gasteiger charge is -2.32. The van der Waals surface area contributed by atoms with Crippen molar-refractivity contribution in [1.82, 2.24) is 20.2 Å². The van der Waals surface area contributed by atoms with Gasteiger partial charge in [0.25, 0.3) is 0 Å². The zero-order valence-corrected chi connectivity index (χ0v) is 15.2. The van der Waals surface area contributed by atoms with Gasteiger partial charge in [0.15, 0.2) is 0 Å². The highest BCUT2D eigenvalue weighted by Crippen LogP contribution is 2.37. The monoisotopic (exact) mass is 354 g/mol. The van der Waals surface area contributed by atoms with Crippen LogP contribution in [0.15, 0.2) is 24.5 Å². The molecule has 1 aliphatic heterocycles. The highest BCUT2D eigenvalue weighted by atomic mass is 16.2. The molecule has 2 fully saturated rings. The first-order valence-corrected chi connectivity index (χ1v) is 9.61. The molecule has 3 heterocycles. The standard InChI is InChI=1S/C20H26N4O2/c1-13-11-16(13)20(26)22-8-4-18(25)24-9-5-14(6-10-24)17-12-23-19-15(17)3-2-7-21-19/h2-3,7,12-14,16H,4-6,8-11H2,1H3,(H,21,23)(H,22,26)/t13-,16+/m1/s1. The zero-order valence-electron chi connectivity index (χ0n) is 15.2. The van der Waals surface area contributed by atoms with Crippen molar-refractivity contribution in [1.29, 1.82) is 0 Å². The number of H-pyrrole nitrogens is 1. The van der Waals surface area contributed by atoms with Crippen LogP contribution in [0.1, 0.15) is 44.1 Å². The Labute approximate surface area is 153 Å². The zero-order chi connectivity index (χ0) is 18.1. The molecule has 0 unspecified atom stereocenters. The number of amides is 2. The van der Waals surface area contributed by atoms with Crippen molar-refractivity contribution >= 4 is 22.8 Å². The number of aromatic nitrogens is 2. The van der Waals surface area contributed by atoms with Crippen LogP contribution in [-0.4, -0.2) is 46.3 Å². The maximum atomic E-state index is 12.4. The van der Waals surface area contributed by atoms with Gasteiger partial charge in [-0.1, -0.05) is 6.92 Å². The fourth-order valence-corrected chi connectivity index (χ4v) is 4.02. The summed E-state index contributed by atoms with van der Waals surface area (Å²) in [5.74, 6) is 1.40. The number of nitrogens with one attached hydrogen (secondary N) is 2. The molecule has 26 heavy (non-hydrogen) atoms. The first kappa shape index (κ1) is 17.1. The number of pyridine rings is 1. The summed E-state index contributed by atoms with van der Waals surface area (Å²) < 4.78 is 0. The van der Waals surface area contributed by atoms with Crippen LogP contribution < -0.4 is 5.32 Å². The van der Waals surface area contributed by atoms with Gasteiger partial charge in [0, 0.05) is 49.8 Å². The summed E-state index contributed by atoms with van der Waals surface area (Å²) in [6.45, 7) is 4.10. The lowest BCUT2D eigenvalue weighted by molar-refractivity contribution is -0.132. The predicted molar refractivity (Wildman–Crippen MR) is 99.5 cm³/mol. The summed E-state index contributed by atoms with van der Waals surface area (Å²) in [6.07, 6.45) is 7.19. The van der Waals surface area contributed by atoms with Crippen LogP contribution in [0.5, 0.6) is 0 Å². The highest BCUT2D eigenvalue weighted by Gasteiger charge is 2.38. The number of fused-ring (bicyclic) bond motifs is 1. The van der Waals surface area contributed by atoms with Gasteiger partial charge in [-0.2, -0.15) is 0 Å². The molecule has 4 rings (SSSR count). The number of aromatic amines is 1. The van der Waals surface area contributed by atoms with E-state index in [1.165, 1.54) is 10.9 Å². The van der Waals surface area contributed by atoms with Crippen LogP contribution in [0.25, 0.3) is 11.0 Å². The minimum absolute atomic E-state index is 0.108. The second kappa shape index (κ2) is 7.09. The predicted octanol–water partition coefficient (Wildman–Crippen LogP) is 2.43. The van der Waals surface area contributed by atoms with Crippen LogP contribution in [0.4, 0.5) is 0 Å². The lowest BCUT2D eigenvalue weighted by Crippen LogP contribution is -2.39. The summed E-state index contributed by atoms with van der Waals surface area (Å²) in [7, 11) is 0. The Kier molecular flexibility index (Phi) is 4.66. The summed E-state index contributed by atoms with van der Waals surface area (Å²) in [5, 5.41) is 4.09. The molecular weight excluding hydrogens is 328 g/mol. The molecule has 2 aliphatic rings. The quantitative estimate of drug-likeness (QED) is 0.866. The largest absolute Gasteiger partial charge is 0.355 e. The average Bonchev–Trinajstić information content (AvgIpc) is 3.25. The topological polar surface area (TPSA) is 78.1 Å². The molecule has 2 amide bonds. The number of hydrogen-bond acceptors (Lipinski definition) is 3. The first-order valence-electron chi connectivity index (χ1n) is 9.61. The van der Waals surface area contributed by atoms with E-state index < -0.39 is 0 Å². The van der Waals surface area contributed by atoms with E-state index in [0.717, 1.165) is 38.0 Å². The molecule has 0 aromatic carbocycles. The van der Waals surface area contributed by atoms with Crippen molar-refractivity contribution in [3.8, 4) is 0 Å². The number of carbonyl (C=O) groups is 2. The molecule has 0 spiro atoms. The molecule has 1 aliphatic carbocycles. The number of likely N-dealkylation sites (tertiary alicyclic amines) is 1. The van der Waals surface area contributed by atoms with Crippen LogP contribution in [0, 0.1) is 11.8 Å². The van der Waals surface area contributed by atoms with Crippen LogP contribution in [0.2, 0.25) is 0 Å². The van der Waals surface area contributed by atoms with E-state index in [-0.39, 0.29) is 17.7 Å². The van der Waals surface area contributed by atoms with Crippen molar-refractivity contribution < 1.29 is 9.59 Å². The second-order valence-corrected chi connectivity index (χ2v) is 7.66. The highest BCUT2D eigenvalue weighted by molar-refractivity contribution is 5.83. The maximum Gasteiger partial charge on any atom is 0.224 e. The Morgan fingerprint density at radius 3 is 2.85 bits per heavy atom. The Bertz CT molecular complexity index is 807. The van der Waals surface area contributed by atoms with Crippen LogP contribution >= 0.6 is 0 Å². The number of piperidine rings is 1. The summed E-state index contributed by atoms with van der Waals surface area (Å²) >= 11 is 0. The van der Waals surface area contributed by atoms with Crippen molar-refractivity contribution in [3.63, 3.8) is 0 Å². The molecule has 0 radical (unpaired) electrons. The second-order valence-electron chi connectivity index (χ2n) is 7.66. The summed E-state index contributed by atoms with van der Waals surface area (Å²) in [4.78, 5) is 33.7. The molecule has 1 saturated carbocycles. The average molecular weight is 354 g/mol. The van der Waals surface area contributed by atoms with Crippen molar-refractivity contribution in [2.75, 3.05) is 19.6 Å². The van der Waals surface area contributed by atoms with Gasteiger partial charge in [-0.05, 0) is 48.8 Å². The molecule has 0 bridgehead atoms. The SMILES string of the molecule is C[C@@H]1C[C@@H]1C(=O)NCCC(=O)N1CCC(c2c[nH]c3ncccc23)CC1. The Morgan fingerprint density at radius 1 is 1.35 bits per heavy atom. The molecule has 2 atom stereocenters. The van der Waals surface area contributed by atoms with Gasteiger partial charge in [0.2, 0.25) is 11.8 Å². The van der Waals surface area contributed by atoms with Crippen molar-refractivity contribution in [2.45, 2.75) is 38.5 Å². The maximum absolute atomic E-state index is 12.4. The fraction of sp³-hybridized carbons (Fsp3) is 0.550. The van der Waals surface area contributed by atoms with E-state index >= 15 is 0 Å². The number of nitrogens with zero attached hydrogens (tertiary/aromatic N) is 2. The minimum Gasteiger partial charge on any atom is -0.355 e. The first-order chi connectivity index (χ1) is 12.6. The van der Waals surface area contributed by atoms with Gasteiger partial charge in [0.05, 0.1) is 0 Å². The van der Waals surface area contributed by atoms with Crippen LogP contribution in [-0.2, 0) is 9.59 Å². The van der Waals surface area contributed by atoms with Gasteiger partial charge in [-0.3, -0.25) is 9.59 Å². The molecule has 1 saturated heterocycles. The van der Waals surface area contributed by atoms with Crippen LogP contribution in [0.3, 0.4) is 0 Å². The lowest BCUT2D eigenvalue weighted by atomic mass is 9.89. The summed E-state index contributed by atoms with van der Waals surface area (Å²) in [5.41, 5.74) is 2.24. The molecule has 2 aromatic rings. The third-order valence-corrected chi connectivity index (χ3v) is 5.85. The van der Waals surface area contributed by atoms with Crippen molar-refractivity contribution in [3.05, 3.63) is 30.1 Å². The van der Waals surface area contributed by atoms with E-state index in [4.69, 9.17) is 0 Å². The Morgan fingerprint density at radius 2 is 2.12 bits per heavy atom. The third-order valence-electron chi connectivity index (χ3n) is 5.85. The van der Waals surface area contributed by atoms with E-state index in [9.17, 15) is 9.59 Å². The number of rotatable bonds is 5. The molecule has 6 nitrogen and oxygen atoms in total. The Hall–Kier alpha value is -2.37. The minimum atomic E-state index is 0.108. The number of carbonyl (C=O) groups excluding carboxylic acids is 2. The van der Waals surface area contributed by atoms with Gasteiger partial charge in [-0.25, -0.2) is 4.98 Å². The molecule has 138 valence electrons.